The summed E-state index contributed by atoms with van der Waals surface area (Å²) in [4.78, 5) is 15.0. The van der Waals surface area contributed by atoms with E-state index in [4.69, 9.17) is 24.1 Å². The molecule has 0 saturated heterocycles. The molecule has 1 aliphatic rings. The van der Waals surface area contributed by atoms with E-state index in [1.807, 2.05) is 72.8 Å². The minimum Gasteiger partial charge on any atom is -0.456 e. The van der Waals surface area contributed by atoms with Crippen molar-refractivity contribution in [3.63, 3.8) is 0 Å². The highest BCUT2D eigenvalue weighted by molar-refractivity contribution is 6.10. The highest BCUT2D eigenvalue weighted by Gasteiger charge is 2.23. The fraction of sp³-hybridized carbons (Fsp3) is 0. The van der Waals surface area contributed by atoms with E-state index < -0.39 is 0 Å². The molecule has 0 bridgehead atoms. The molecule has 3 heterocycles. The fourth-order valence-electron chi connectivity index (χ4n) is 6.86. The molecule has 48 heavy (non-hydrogen) atoms. The zero-order chi connectivity index (χ0) is 31.6. The normalized spacial score (nSPS) is 11.9. The summed E-state index contributed by atoms with van der Waals surface area (Å²) in [5.74, 6) is 3.38. The van der Waals surface area contributed by atoms with Gasteiger partial charge >= 0.3 is 0 Å². The number of benzene rings is 7. The highest BCUT2D eigenvalue weighted by atomic mass is 16.5. The molecular weight excluding hydrogens is 590 g/mol. The minimum atomic E-state index is 0.575. The predicted octanol–water partition coefficient (Wildman–Crippen LogP) is 11.4. The molecule has 224 valence electrons. The molecule has 2 aromatic heterocycles. The molecule has 0 unspecified atom stereocenters. The largest absolute Gasteiger partial charge is 0.456 e. The van der Waals surface area contributed by atoms with Gasteiger partial charge < -0.3 is 9.15 Å². The van der Waals surface area contributed by atoms with Gasteiger partial charge in [-0.25, -0.2) is 15.0 Å². The first-order valence-corrected chi connectivity index (χ1v) is 15.9. The summed E-state index contributed by atoms with van der Waals surface area (Å²) < 4.78 is 12.7. The molecule has 0 saturated carbocycles. The van der Waals surface area contributed by atoms with Crippen molar-refractivity contribution in [2.24, 2.45) is 0 Å². The lowest BCUT2D eigenvalue weighted by Crippen LogP contribution is -2.02. The predicted molar refractivity (Wildman–Crippen MR) is 192 cm³/mol. The van der Waals surface area contributed by atoms with E-state index in [1.54, 1.807) is 0 Å². The van der Waals surface area contributed by atoms with Crippen LogP contribution in [-0.4, -0.2) is 15.0 Å². The molecule has 5 heteroatoms. The molecule has 0 amide bonds. The van der Waals surface area contributed by atoms with Crippen LogP contribution in [0.1, 0.15) is 0 Å². The summed E-state index contributed by atoms with van der Waals surface area (Å²) in [6.45, 7) is 0. The van der Waals surface area contributed by atoms with Crippen LogP contribution in [0.3, 0.4) is 0 Å². The SMILES string of the molecule is c1ccc(-c2nc(-c3ccc4c(c3)Oc3ccc(-c5ccccc5)c5cccc-4c35)nc(-c3ccc4oc5ccccc5c4c3)n2)cc1. The number of rotatable bonds is 4. The standard InChI is InChI=1S/C43H25N3O2/c1-3-10-26(11-4-1)30-21-23-38-40-33(30)15-9-16-34(40)32-20-18-29(25-39(32)48-38)43-45-41(27-12-5-2-6-13-27)44-42(46-43)28-19-22-37-35(24-28)31-14-7-8-17-36(31)47-37/h1-25H. The third-order valence-electron chi connectivity index (χ3n) is 9.14. The van der Waals surface area contributed by atoms with Gasteiger partial charge in [0.25, 0.3) is 0 Å². The average molecular weight is 616 g/mol. The Hall–Kier alpha value is -6.59. The van der Waals surface area contributed by atoms with Gasteiger partial charge in [-0.1, -0.05) is 109 Å². The van der Waals surface area contributed by atoms with Crippen LogP contribution in [0.4, 0.5) is 0 Å². The van der Waals surface area contributed by atoms with E-state index in [0.717, 1.165) is 66.6 Å². The van der Waals surface area contributed by atoms with Gasteiger partial charge in [-0.3, -0.25) is 0 Å². The van der Waals surface area contributed by atoms with Crippen LogP contribution >= 0.6 is 0 Å². The fourth-order valence-corrected chi connectivity index (χ4v) is 6.86. The first kappa shape index (κ1) is 26.6. The van der Waals surface area contributed by atoms with E-state index in [2.05, 4.69) is 78.9 Å². The first-order valence-electron chi connectivity index (χ1n) is 15.9. The lowest BCUT2D eigenvalue weighted by molar-refractivity contribution is 0.487. The summed E-state index contributed by atoms with van der Waals surface area (Å²) in [6, 6.07) is 51.6. The van der Waals surface area contributed by atoms with Crippen molar-refractivity contribution in [1.29, 1.82) is 0 Å². The molecule has 5 nitrogen and oxygen atoms in total. The van der Waals surface area contributed by atoms with E-state index in [9.17, 15) is 0 Å². The smallest absolute Gasteiger partial charge is 0.164 e. The van der Waals surface area contributed by atoms with Gasteiger partial charge in [0.15, 0.2) is 17.5 Å². The van der Waals surface area contributed by atoms with Crippen molar-refractivity contribution in [1.82, 2.24) is 15.0 Å². The number of para-hydroxylation sites is 1. The second kappa shape index (κ2) is 10.5. The topological polar surface area (TPSA) is 61.0 Å². The van der Waals surface area contributed by atoms with Crippen LogP contribution in [-0.2, 0) is 0 Å². The number of ether oxygens (including phenoxy) is 1. The van der Waals surface area contributed by atoms with Gasteiger partial charge in [-0.05, 0) is 64.5 Å². The van der Waals surface area contributed by atoms with Crippen LogP contribution in [0.2, 0.25) is 0 Å². The molecular formula is C43H25N3O2. The zero-order valence-electron chi connectivity index (χ0n) is 25.6. The van der Waals surface area contributed by atoms with E-state index >= 15 is 0 Å². The first-order chi connectivity index (χ1) is 23.8. The molecule has 0 aliphatic carbocycles. The Labute approximate surface area is 275 Å². The van der Waals surface area contributed by atoms with Crippen molar-refractivity contribution in [2.75, 3.05) is 0 Å². The van der Waals surface area contributed by atoms with E-state index in [0.29, 0.717) is 17.5 Å². The Kier molecular flexibility index (Phi) is 5.81. The third kappa shape index (κ3) is 4.22. The molecule has 0 radical (unpaired) electrons. The third-order valence-corrected chi connectivity index (χ3v) is 9.14. The second-order valence-electron chi connectivity index (χ2n) is 12.0. The van der Waals surface area contributed by atoms with Crippen LogP contribution in [0.15, 0.2) is 156 Å². The van der Waals surface area contributed by atoms with Gasteiger partial charge in [0.05, 0.1) is 0 Å². The molecule has 0 N–H and O–H groups in total. The van der Waals surface area contributed by atoms with Crippen molar-refractivity contribution >= 4 is 32.7 Å². The van der Waals surface area contributed by atoms with Crippen LogP contribution < -0.4 is 4.74 Å². The van der Waals surface area contributed by atoms with Gasteiger partial charge in [0.1, 0.15) is 22.7 Å². The number of nitrogens with zero attached hydrogens (tertiary/aromatic N) is 3. The van der Waals surface area contributed by atoms with Gasteiger partial charge in [0.2, 0.25) is 0 Å². The number of fused-ring (bicyclic) bond motifs is 5. The number of aromatic nitrogens is 3. The van der Waals surface area contributed by atoms with Crippen LogP contribution in [0, 0.1) is 0 Å². The van der Waals surface area contributed by atoms with Gasteiger partial charge in [0, 0.05) is 38.4 Å². The summed E-state index contributed by atoms with van der Waals surface area (Å²) in [5.41, 5.74) is 8.90. The Bertz CT molecular complexity index is 2700. The maximum Gasteiger partial charge on any atom is 0.164 e. The molecule has 0 atom stereocenters. The number of furan rings is 1. The van der Waals surface area contributed by atoms with E-state index in [1.165, 1.54) is 16.5 Å². The summed E-state index contributed by atoms with van der Waals surface area (Å²) in [5, 5.41) is 4.37. The molecule has 9 aromatic rings. The molecule has 0 spiro atoms. The Morgan fingerprint density at radius 2 is 0.979 bits per heavy atom. The number of hydrogen-bond acceptors (Lipinski definition) is 5. The summed E-state index contributed by atoms with van der Waals surface area (Å²) in [7, 11) is 0. The van der Waals surface area contributed by atoms with Crippen molar-refractivity contribution in [3.05, 3.63) is 152 Å². The molecule has 7 aromatic carbocycles. The second-order valence-corrected chi connectivity index (χ2v) is 12.0. The quantitative estimate of drug-likeness (QED) is 0.197. The molecule has 10 rings (SSSR count). The van der Waals surface area contributed by atoms with Crippen LogP contribution in [0.5, 0.6) is 11.5 Å². The van der Waals surface area contributed by atoms with E-state index in [-0.39, 0.29) is 0 Å². The molecule has 0 fully saturated rings. The van der Waals surface area contributed by atoms with Crippen molar-refractivity contribution < 1.29 is 9.15 Å². The monoisotopic (exact) mass is 615 g/mol. The minimum absolute atomic E-state index is 0.575. The molecule has 1 aliphatic heterocycles. The highest BCUT2D eigenvalue weighted by Crippen LogP contribution is 2.49. The maximum atomic E-state index is 6.63. The average Bonchev–Trinajstić information content (AvgIpc) is 3.53. The van der Waals surface area contributed by atoms with Gasteiger partial charge in [-0.15, -0.1) is 0 Å². The maximum absolute atomic E-state index is 6.63. The summed E-state index contributed by atoms with van der Waals surface area (Å²) in [6.07, 6.45) is 0. The summed E-state index contributed by atoms with van der Waals surface area (Å²) >= 11 is 0. The van der Waals surface area contributed by atoms with Crippen molar-refractivity contribution in [3.8, 4) is 67.9 Å². The Balaban J connectivity index is 1.12. The van der Waals surface area contributed by atoms with Crippen LogP contribution in [0.25, 0.3) is 89.1 Å². The Morgan fingerprint density at radius 1 is 0.354 bits per heavy atom. The Morgan fingerprint density at radius 3 is 1.79 bits per heavy atom. The lowest BCUT2D eigenvalue weighted by atomic mass is 9.90. The lowest BCUT2D eigenvalue weighted by Gasteiger charge is -2.23. The number of hydrogen-bond donors (Lipinski definition) is 0. The van der Waals surface area contributed by atoms with Crippen molar-refractivity contribution in [2.45, 2.75) is 0 Å². The zero-order valence-corrected chi connectivity index (χ0v) is 25.6. The van der Waals surface area contributed by atoms with Gasteiger partial charge in [-0.2, -0.15) is 0 Å².